The van der Waals surface area contributed by atoms with Gasteiger partial charge in [0.25, 0.3) is 0 Å². The van der Waals surface area contributed by atoms with Gasteiger partial charge in [-0.25, -0.2) is 4.57 Å². The first-order valence-corrected chi connectivity index (χ1v) is 4.55. The van der Waals surface area contributed by atoms with Crippen LogP contribution in [-0.2, 0) is 13.6 Å². The lowest BCUT2D eigenvalue weighted by atomic mass is 10.7. The molecular formula is C7H8NO3P. The minimum absolute atomic E-state index is 0.978. The first-order valence-electron chi connectivity index (χ1n) is 2.94. The number of nitrogens with zero attached hydrogens (tertiary/aromatic N) is 1. The third-order valence-corrected chi connectivity index (χ3v) is 2.17. The maximum Gasteiger partial charge on any atom is 0.455 e. The van der Waals surface area contributed by atoms with Gasteiger partial charge >= 0.3 is 7.60 Å². The summed E-state index contributed by atoms with van der Waals surface area (Å²) in [7, 11) is -3.38. The molecule has 0 fully saturated rings. The van der Waals surface area contributed by atoms with Crippen LogP contribution < -0.4 is 0 Å². The SMILES string of the molecule is C=COP(=O)(C=CC#N)OC=C. The lowest BCUT2D eigenvalue weighted by molar-refractivity contribution is 0.340. The van der Waals surface area contributed by atoms with E-state index in [1.807, 2.05) is 0 Å². The van der Waals surface area contributed by atoms with Crippen molar-refractivity contribution in [3.63, 3.8) is 0 Å². The highest BCUT2D eigenvalue weighted by atomic mass is 31.2. The van der Waals surface area contributed by atoms with E-state index in [-0.39, 0.29) is 0 Å². The Labute approximate surface area is 70.9 Å². The average Bonchev–Trinajstić information content (AvgIpc) is 2.02. The molecule has 0 amide bonds. The van der Waals surface area contributed by atoms with Crippen molar-refractivity contribution in [3.8, 4) is 6.07 Å². The summed E-state index contributed by atoms with van der Waals surface area (Å²) in [5.74, 6) is 1.02. The summed E-state index contributed by atoms with van der Waals surface area (Å²) in [6.07, 6.45) is 2.96. The van der Waals surface area contributed by atoms with Gasteiger partial charge in [0.15, 0.2) is 0 Å². The van der Waals surface area contributed by atoms with Crippen molar-refractivity contribution in [3.05, 3.63) is 37.6 Å². The molecule has 0 aromatic carbocycles. The zero-order valence-electron chi connectivity index (χ0n) is 6.34. The van der Waals surface area contributed by atoms with Gasteiger partial charge < -0.3 is 9.05 Å². The van der Waals surface area contributed by atoms with Crippen molar-refractivity contribution in [1.29, 1.82) is 5.26 Å². The van der Waals surface area contributed by atoms with Crippen molar-refractivity contribution in [2.24, 2.45) is 0 Å². The predicted octanol–water partition coefficient (Wildman–Crippen LogP) is 2.54. The van der Waals surface area contributed by atoms with Crippen LogP contribution >= 0.6 is 7.60 Å². The summed E-state index contributed by atoms with van der Waals surface area (Å²) in [5.41, 5.74) is 0. The summed E-state index contributed by atoms with van der Waals surface area (Å²) >= 11 is 0. The third-order valence-electron chi connectivity index (χ3n) is 0.775. The molecule has 0 N–H and O–H groups in total. The Hall–Kier alpha value is -1.46. The second-order valence-electron chi connectivity index (χ2n) is 1.53. The summed E-state index contributed by atoms with van der Waals surface area (Å²) in [6.45, 7) is 6.42. The molecule has 0 aliphatic heterocycles. The second kappa shape index (κ2) is 5.22. The van der Waals surface area contributed by atoms with Gasteiger partial charge in [-0.3, -0.25) is 0 Å². The van der Waals surface area contributed by atoms with Crippen molar-refractivity contribution < 1.29 is 13.6 Å². The van der Waals surface area contributed by atoms with Crippen LogP contribution in [0.5, 0.6) is 0 Å². The van der Waals surface area contributed by atoms with Crippen LogP contribution in [0.3, 0.4) is 0 Å². The van der Waals surface area contributed by atoms with Crippen LogP contribution in [0.4, 0.5) is 0 Å². The van der Waals surface area contributed by atoms with E-state index in [1.54, 1.807) is 6.07 Å². The molecule has 0 aliphatic carbocycles. The molecule has 0 saturated heterocycles. The Morgan fingerprint density at radius 1 is 1.33 bits per heavy atom. The van der Waals surface area contributed by atoms with Gasteiger partial charge in [0.1, 0.15) is 0 Å². The highest BCUT2D eigenvalue weighted by Crippen LogP contribution is 2.50. The van der Waals surface area contributed by atoms with Crippen molar-refractivity contribution >= 4 is 7.60 Å². The van der Waals surface area contributed by atoms with E-state index in [9.17, 15) is 4.57 Å². The molecule has 4 nitrogen and oxygen atoms in total. The Bertz CT molecular complexity index is 263. The maximum absolute atomic E-state index is 11.3. The number of hydrogen-bond donors (Lipinski definition) is 0. The van der Waals surface area contributed by atoms with Crippen molar-refractivity contribution in [1.82, 2.24) is 0 Å². The summed E-state index contributed by atoms with van der Waals surface area (Å²) in [4.78, 5) is 0. The lowest BCUT2D eigenvalue weighted by Gasteiger charge is -2.09. The van der Waals surface area contributed by atoms with E-state index < -0.39 is 7.60 Å². The predicted molar refractivity (Wildman–Crippen MR) is 44.9 cm³/mol. The van der Waals surface area contributed by atoms with Crippen molar-refractivity contribution in [2.75, 3.05) is 0 Å². The summed E-state index contributed by atoms with van der Waals surface area (Å²) in [5, 5.41) is 8.15. The standard InChI is InChI=1S/C7H8NO3P/c1-3-10-12(9,11-4-2)7-5-6-8/h3-5,7H,1-2H2. The van der Waals surface area contributed by atoms with Crippen LogP contribution in [0.25, 0.3) is 0 Å². The topological polar surface area (TPSA) is 59.3 Å². The van der Waals surface area contributed by atoms with Gasteiger partial charge in [-0.2, -0.15) is 5.26 Å². The minimum atomic E-state index is -3.38. The van der Waals surface area contributed by atoms with Gasteiger partial charge in [0.2, 0.25) is 0 Å². The normalized spacial score (nSPS) is 10.2. The molecule has 0 aromatic rings. The van der Waals surface area contributed by atoms with E-state index in [1.165, 1.54) is 0 Å². The molecule has 0 heterocycles. The number of hydrogen-bond acceptors (Lipinski definition) is 4. The fourth-order valence-electron chi connectivity index (χ4n) is 0.428. The maximum atomic E-state index is 11.3. The molecule has 0 spiro atoms. The first kappa shape index (κ1) is 10.5. The highest BCUT2D eigenvalue weighted by Gasteiger charge is 2.18. The minimum Gasteiger partial charge on any atom is -0.422 e. The van der Waals surface area contributed by atoms with E-state index in [4.69, 9.17) is 5.26 Å². The van der Waals surface area contributed by atoms with Gasteiger partial charge in [0, 0.05) is 6.08 Å². The lowest BCUT2D eigenvalue weighted by Crippen LogP contribution is -1.80. The first-order chi connectivity index (χ1) is 5.68. The zero-order valence-corrected chi connectivity index (χ0v) is 7.24. The molecular weight excluding hydrogens is 177 g/mol. The van der Waals surface area contributed by atoms with Crippen LogP contribution in [-0.4, -0.2) is 0 Å². The number of allylic oxidation sites excluding steroid dienone is 1. The van der Waals surface area contributed by atoms with Gasteiger partial charge in [-0.05, 0) is 0 Å². The second-order valence-corrected chi connectivity index (χ2v) is 3.33. The van der Waals surface area contributed by atoms with Gasteiger partial charge in [-0.15, -0.1) is 0 Å². The fourth-order valence-corrected chi connectivity index (χ4v) is 1.28. The molecule has 0 aromatic heterocycles. The molecule has 0 rings (SSSR count). The molecule has 64 valence electrons. The van der Waals surface area contributed by atoms with E-state index in [2.05, 4.69) is 22.2 Å². The van der Waals surface area contributed by atoms with Crippen LogP contribution in [0.2, 0.25) is 0 Å². The van der Waals surface area contributed by atoms with Gasteiger partial charge in [0.05, 0.1) is 24.4 Å². The van der Waals surface area contributed by atoms with Crippen LogP contribution in [0.15, 0.2) is 37.6 Å². The average molecular weight is 185 g/mol. The molecule has 0 unspecified atom stereocenters. The molecule has 0 atom stereocenters. The Balaban J connectivity index is 4.51. The largest absolute Gasteiger partial charge is 0.455 e. The summed E-state index contributed by atoms with van der Waals surface area (Å²) < 4.78 is 20.5. The Kier molecular flexibility index (Phi) is 4.59. The third kappa shape index (κ3) is 3.65. The molecule has 5 heteroatoms. The monoisotopic (exact) mass is 185 g/mol. The molecule has 0 radical (unpaired) electrons. The quantitative estimate of drug-likeness (QED) is 0.375. The van der Waals surface area contributed by atoms with E-state index in [0.717, 1.165) is 24.4 Å². The number of rotatable bonds is 5. The Morgan fingerprint density at radius 2 is 1.83 bits per heavy atom. The smallest absolute Gasteiger partial charge is 0.422 e. The molecule has 0 saturated carbocycles. The van der Waals surface area contributed by atoms with Crippen LogP contribution in [0, 0.1) is 11.3 Å². The molecule has 12 heavy (non-hydrogen) atoms. The van der Waals surface area contributed by atoms with E-state index >= 15 is 0 Å². The van der Waals surface area contributed by atoms with Gasteiger partial charge in [-0.1, -0.05) is 13.2 Å². The zero-order chi connectivity index (χ0) is 9.45. The van der Waals surface area contributed by atoms with Crippen molar-refractivity contribution in [2.45, 2.75) is 0 Å². The van der Waals surface area contributed by atoms with Crippen LogP contribution in [0.1, 0.15) is 0 Å². The Morgan fingerprint density at radius 3 is 2.17 bits per heavy atom. The fraction of sp³-hybridized carbons (Fsp3) is 0. The number of nitriles is 1. The highest BCUT2D eigenvalue weighted by molar-refractivity contribution is 7.57. The molecule has 0 bridgehead atoms. The molecule has 0 aliphatic rings. The van der Waals surface area contributed by atoms with E-state index in [0.29, 0.717) is 0 Å². The summed E-state index contributed by atoms with van der Waals surface area (Å²) in [6, 6.07) is 1.66.